The molecule has 0 aromatic heterocycles. The van der Waals surface area contributed by atoms with Gasteiger partial charge in [0.2, 0.25) is 15.9 Å². The van der Waals surface area contributed by atoms with Crippen LogP contribution in [-0.4, -0.2) is 43.2 Å². The van der Waals surface area contributed by atoms with Gasteiger partial charge in [0.25, 0.3) is 0 Å². The summed E-state index contributed by atoms with van der Waals surface area (Å²) in [5, 5.41) is 9.53. The van der Waals surface area contributed by atoms with E-state index in [1.807, 2.05) is 4.72 Å². The van der Waals surface area contributed by atoms with Crippen molar-refractivity contribution in [3.63, 3.8) is 0 Å². The quantitative estimate of drug-likeness (QED) is 0.540. The maximum atomic E-state index is 11.3. The third-order valence-corrected chi connectivity index (χ3v) is 3.87. The number of carboxylic acid groups (broad SMARTS) is 1. The molecular formula is C8H14N2O5S. The molecule has 0 saturated heterocycles. The van der Waals surface area contributed by atoms with Crippen LogP contribution in [0.1, 0.15) is 19.8 Å². The molecule has 92 valence electrons. The highest BCUT2D eigenvalue weighted by molar-refractivity contribution is 7.90. The Morgan fingerprint density at radius 3 is 2.44 bits per heavy atom. The van der Waals surface area contributed by atoms with Crippen molar-refractivity contribution in [2.45, 2.75) is 31.1 Å². The first kappa shape index (κ1) is 12.9. The molecule has 1 fully saturated rings. The van der Waals surface area contributed by atoms with Crippen LogP contribution in [0.4, 0.5) is 0 Å². The van der Waals surface area contributed by atoms with E-state index >= 15 is 0 Å². The Labute approximate surface area is 93.3 Å². The molecular weight excluding hydrogens is 236 g/mol. The number of carboxylic acids is 1. The third-order valence-electron chi connectivity index (χ3n) is 2.19. The van der Waals surface area contributed by atoms with Gasteiger partial charge in [0, 0.05) is 6.04 Å². The maximum Gasteiger partial charge on any atom is 0.323 e. The van der Waals surface area contributed by atoms with Gasteiger partial charge in [-0.3, -0.25) is 9.59 Å². The van der Waals surface area contributed by atoms with Crippen molar-refractivity contribution >= 4 is 21.9 Å². The van der Waals surface area contributed by atoms with E-state index in [4.69, 9.17) is 5.11 Å². The number of nitrogens with one attached hydrogen (secondary N) is 2. The maximum absolute atomic E-state index is 11.3. The smallest absolute Gasteiger partial charge is 0.323 e. The first-order chi connectivity index (χ1) is 7.33. The summed E-state index contributed by atoms with van der Waals surface area (Å²) in [6.07, 6.45) is 1.81. The van der Waals surface area contributed by atoms with Crippen LogP contribution >= 0.6 is 0 Å². The lowest BCUT2D eigenvalue weighted by Crippen LogP contribution is -2.43. The van der Waals surface area contributed by atoms with E-state index in [1.54, 1.807) is 0 Å². The molecule has 0 radical (unpaired) electrons. The molecule has 1 amide bonds. The van der Waals surface area contributed by atoms with E-state index in [9.17, 15) is 18.0 Å². The van der Waals surface area contributed by atoms with Gasteiger partial charge in [0.15, 0.2) is 5.25 Å². The highest BCUT2D eigenvalue weighted by Gasteiger charge is 2.29. The normalized spacial score (nSPS) is 17.8. The van der Waals surface area contributed by atoms with E-state index in [-0.39, 0.29) is 6.04 Å². The van der Waals surface area contributed by atoms with Gasteiger partial charge in [0.1, 0.15) is 0 Å². The van der Waals surface area contributed by atoms with E-state index < -0.39 is 33.7 Å². The first-order valence-electron chi connectivity index (χ1n) is 4.83. The molecule has 0 bridgehead atoms. The van der Waals surface area contributed by atoms with Crippen LogP contribution in [0.2, 0.25) is 0 Å². The van der Waals surface area contributed by atoms with Crippen LogP contribution in [0, 0.1) is 0 Å². The Morgan fingerprint density at radius 1 is 1.44 bits per heavy atom. The van der Waals surface area contributed by atoms with Crippen molar-refractivity contribution in [3.8, 4) is 0 Å². The summed E-state index contributed by atoms with van der Waals surface area (Å²) in [5.41, 5.74) is 0. The second kappa shape index (κ2) is 4.79. The van der Waals surface area contributed by atoms with Gasteiger partial charge in [-0.15, -0.1) is 0 Å². The van der Waals surface area contributed by atoms with Gasteiger partial charge >= 0.3 is 5.97 Å². The predicted octanol–water partition coefficient (Wildman–Crippen LogP) is -1.34. The number of aliphatic carboxylic acids is 1. The van der Waals surface area contributed by atoms with Crippen molar-refractivity contribution in [1.82, 2.24) is 10.0 Å². The molecule has 0 aromatic rings. The molecule has 0 aliphatic heterocycles. The lowest BCUT2D eigenvalue weighted by molar-refractivity contribution is -0.136. The second-order valence-electron chi connectivity index (χ2n) is 3.69. The number of amides is 1. The minimum atomic E-state index is -3.98. The fourth-order valence-electron chi connectivity index (χ4n) is 0.930. The lowest BCUT2D eigenvalue weighted by atomic mass is 10.5. The fourth-order valence-corrected chi connectivity index (χ4v) is 1.78. The Morgan fingerprint density at radius 2 is 2.00 bits per heavy atom. The summed E-state index contributed by atoms with van der Waals surface area (Å²) >= 11 is 0. The molecule has 3 N–H and O–H groups in total. The summed E-state index contributed by atoms with van der Waals surface area (Å²) in [4.78, 5) is 21.6. The Bertz CT molecular complexity index is 387. The van der Waals surface area contributed by atoms with Crippen LogP contribution in [0.3, 0.4) is 0 Å². The van der Waals surface area contributed by atoms with Gasteiger partial charge in [-0.1, -0.05) is 0 Å². The van der Waals surface area contributed by atoms with Crippen LogP contribution < -0.4 is 10.0 Å². The summed E-state index contributed by atoms with van der Waals surface area (Å²) in [6.45, 7) is 0.625. The highest BCUT2D eigenvalue weighted by atomic mass is 32.2. The zero-order valence-electron chi connectivity index (χ0n) is 8.76. The average molecular weight is 250 g/mol. The zero-order chi connectivity index (χ0) is 12.3. The molecule has 1 atom stereocenters. The molecule has 8 heteroatoms. The van der Waals surface area contributed by atoms with E-state index in [0.29, 0.717) is 0 Å². The van der Waals surface area contributed by atoms with Crippen LogP contribution in [0.5, 0.6) is 0 Å². The molecule has 1 saturated carbocycles. The largest absolute Gasteiger partial charge is 0.480 e. The molecule has 1 aliphatic rings. The fraction of sp³-hybridized carbons (Fsp3) is 0.750. The van der Waals surface area contributed by atoms with Gasteiger partial charge in [-0.25, -0.2) is 13.1 Å². The standard InChI is InChI=1S/C8H14N2O5S/c1-5(8(12)13)16(14,15)9-4-7(11)10-6-2-3-6/h5-6,9H,2-4H2,1H3,(H,10,11)(H,12,13). The molecule has 0 aromatic carbocycles. The first-order valence-corrected chi connectivity index (χ1v) is 6.38. The van der Waals surface area contributed by atoms with Crippen molar-refractivity contribution in [3.05, 3.63) is 0 Å². The number of carbonyl (C=O) groups is 2. The monoisotopic (exact) mass is 250 g/mol. The number of carbonyl (C=O) groups excluding carboxylic acids is 1. The minimum Gasteiger partial charge on any atom is -0.480 e. The van der Waals surface area contributed by atoms with Gasteiger partial charge in [-0.05, 0) is 19.8 Å². The highest BCUT2D eigenvalue weighted by Crippen LogP contribution is 2.18. The lowest BCUT2D eigenvalue weighted by Gasteiger charge is -2.09. The Balaban J connectivity index is 2.40. The van der Waals surface area contributed by atoms with Crippen molar-refractivity contribution in [2.75, 3.05) is 6.54 Å². The van der Waals surface area contributed by atoms with E-state index in [2.05, 4.69) is 5.32 Å². The second-order valence-corrected chi connectivity index (χ2v) is 5.77. The van der Waals surface area contributed by atoms with E-state index in [0.717, 1.165) is 19.8 Å². The average Bonchev–Trinajstić information content (AvgIpc) is 2.97. The predicted molar refractivity (Wildman–Crippen MR) is 55.2 cm³/mol. The van der Waals surface area contributed by atoms with Gasteiger partial charge < -0.3 is 10.4 Å². The minimum absolute atomic E-state index is 0.147. The van der Waals surface area contributed by atoms with Crippen molar-refractivity contribution in [1.29, 1.82) is 0 Å². The van der Waals surface area contributed by atoms with Gasteiger partial charge in [0.05, 0.1) is 6.54 Å². The van der Waals surface area contributed by atoms with E-state index in [1.165, 1.54) is 0 Å². The molecule has 7 nitrogen and oxygen atoms in total. The molecule has 1 rings (SSSR count). The Kier molecular flexibility index (Phi) is 3.87. The number of sulfonamides is 1. The number of hydrogen-bond donors (Lipinski definition) is 3. The molecule has 1 unspecified atom stereocenters. The van der Waals surface area contributed by atoms with Crippen LogP contribution in [-0.2, 0) is 19.6 Å². The number of rotatable bonds is 6. The molecule has 1 aliphatic carbocycles. The van der Waals surface area contributed by atoms with Crippen LogP contribution in [0.25, 0.3) is 0 Å². The van der Waals surface area contributed by atoms with Gasteiger partial charge in [-0.2, -0.15) is 0 Å². The SMILES string of the molecule is CC(C(=O)O)S(=O)(=O)NCC(=O)NC1CC1. The number of hydrogen-bond acceptors (Lipinski definition) is 4. The summed E-state index contributed by atoms with van der Waals surface area (Å²) in [7, 11) is -3.98. The summed E-state index contributed by atoms with van der Waals surface area (Å²) in [6, 6.07) is 0.147. The summed E-state index contributed by atoms with van der Waals surface area (Å²) in [5.74, 6) is -1.89. The Hall–Kier alpha value is -1.15. The molecule has 16 heavy (non-hydrogen) atoms. The topological polar surface area (TPSA) is 113 Å². The molecule has 0 spiro atoms. The van der Waals surface area contributed by atoms with Crippen LogP contribution in [0.15, 0.2) is 0 Å². The third kappa shape index (κ3) is 3.78. The zero-order valence-corrected chi connectivity index (χ0v) is 9.58. The van der Waals surface area contributed by atoms with Crippen molar-refractivity contribution < 1.29 is 23.1 Å². The molecule has 0 heterocycles. The van der Waals surface area contributed by atoms with Crippen molar-refractivity contribution in [2.24, 2.45) is 0 Å². The summed E-state index contributed by atoms with van der Waals surface area (Å²) < 4.78 is 24.6.